The van der Waals surface area contributed by atoms with E-state index in [0.29, 0.717) is 0 Å². The van der Waals surface area contributed by atoms with E-state index in [-0.39, 0.29) is 11.3 Å². The molecule has 0 unspecified atom stereocenters. The average molecular weight is 438 g/mol. The highest BCUT2D eigenvalue weighted by Gasteiger charge is 2.15. The lowest BCUT2D eigenvalue weighted by atomic mass is 10.1. The van der Waals surface area contributed by atoms with Crippen LogP contribution in [0.15, 0.2) is 64.6 Å². The molecule has 140 valence electrons. The first-order valence-corrected chi connectivity index (χ1v) is 9.32. The first kappa shape index (κ1) is 19.6. The van der Waals surface area contributed by atoms with Crippen LogP contribution < -0.4 is 5.32 Å². The molecule has 0 saturated carbocycles. The van der Waals surface area contributed by atoms with Crippen molar-refractivity contribution in [2.75, 3.05) is 5.32 Å². The molecule has 28 heavy (non-hydrogen) atoms. The first-order chi connectivity index (χ1) is 13.4. The van der Waals surface area contributed by atoms with Gasteiger partial charge in [0, 0.05) is 21.5 Å². The second-order valence-electron chi connectivity index (χ2n) is 6.24. The number of halogens is 2. The van der Waals surface area contributed by atoms with Crippen LogP contribution >= 0.6 is 15.9 Å². The van der Waals surface area contributed by atoms with Crippen LogP contribution in [0.4, 0.5) is 10.1 Å². The molecule has 0 fully saturated rings. The van der Waals surface area contributed by atoms with Gasteiger partial charge in [-0.15, -0.1) is 0 Å². The van der Waals surface area contributed by atoms with Crippen LogP contribution in [0.1, 0.15) is 17.0 Å². The Kier molecular flexibility index (Phi) is 5.76. The molecule has 1 N–H and O–H groups in total. The van der Waals surface area contributed by atoms with Gasteiger partial charge in [-0.2, -0.15) is 5.26 Å². The number of carbonyl (C=O) groups is 1. The summed E-state index contributed by atoms with van der Waals surface area (Å²) in [6.07, 6.45) is 1.52. The molecule has 2 aromatic carbocycles. The summed E-state index contributed by atoms with van der Waals surface area (Å²) < 4.78 is 16.8. The zero-order valence-corrected chi connectivity index (χ0v) is 16.9. The maximum Gasteiger partial charge on any atom is 0.266 e. The lowest BCUT2D eigenvalue weighted by Crippen LogP contribution is -2.14. The summed E-state index contributed by atoms with van der Waals surface area (Å²) in [5.74, 6) is -1.21. The maximum absolute atomic E-state index is 13.8. The molecule has 4 nitrogen and oxygen atoms in total. The zero-order chi connectivity index (χ0) is 20.3. The van der Waals surface area contributed by atoms with E-state index in [2.05, 4.69) is 21.2 Å². The SMILES string of the molecule is Cc1cc(C=C(C#N)C(=O)Nc2ccccc2F)c(C)n1-c1ccc(Br)cc1. The van der Waals surface area contributed by atoms with Crippen LogP contribution in [0, 0.1) is 31.0 Å². The number of rotatable bonds is 4. The number of amides is 1. The van der Waals surface area contributed by atoms with Gasteiger partial charge in [0.15, 0.2) is 0 Å². The number of nitrogens with one attached hydrogen (secondary N) is 1. The van der Waals surface area contributed by atoms with E-state index >= 15 is 0 Å². The molecule has 0 aliphatic heterocycles. The number of hydrogen-bond acceptors (Lipinski definition) is 2. The molecular formula is C22H17BrFN3O. The van der Waals surface area contributed by atoms with Gasteiger partial charge in [0.05, 0.1) is 5.69 Å². The summed E-state index contributed by atoms with van der Waals surface area (Å²) >= 11 is 3.42. The summed E-state index contributed by atoms with van der Waals surface area (Å²) in [7, 11) is 0. The normalized spacial score (nSPS) is 11.2. The van der Waals surface area contributed by atoms with Crippen molar-refractivity contribution in [1.29, 1.82) is 5.26 Å². The lowest BCUT2D eigenvalue weighted by molar-refractivity contribution is -0.112. The van der Waals surface area contributed by atoms with Gasteiger partial charge in [-0.1, -0.05) is 28.1 Å². The molecule has 3 aromatic rings. The highest BCUT2D eigenvalue weighted by atomic mass is 79.9. The number of aryl methyl sites for hydroxylation is 1. The monoisotopic (exact) mass is 437 g/mol. The van der Waals surface area contributed by atoms with Crippen LogP contribution in [0.2, 0.25) is 0 Å². The predicted molar refractivity (Wildman–Crippen MR) is 112 cm³/mol. The van der Waals surface area contributed by atoms with Gasteiger partial charge in [0.1, 0.15) is 17.5 Å². The smallest absolute Gasteiger partial charge is 0.266 e. The van der Waals surface area contributed by atoms with E-state index in [1.807, 2.05) is 54.8 Å². The number of para-hydroxylation sites is 1. The first-order valence-electron chi connectivity index (χ1n) is 8.53. The maximum atomic E-state index is 13.8. The van der Waals surface area contributed by atoms with Crippen molar-refractivity contribution in [2.24, 2.45) is 0 Å². The van der Waals surface area contributed by atoms with Crippen LogP contribution in [-0.2, 0) is 4.79 Å². The van der Waals surface area contributed by atoms with E-state index in [9.17, 15) is 14.4 Å². The topological polar surface area (TPSA) is 57.8 Å². The largest absolute Gasteiger partial charge is 0.319 e. The molecule has 0 radical (unpaired) electrons. The third kappa shape index (κ3) is 4.05. The summed E-state index contributed by atoms with van der Waals surface area (Å²) in [6, 6.07) is 17.5. The van der Waals surface area contributed by atoms with Crippen molar-refractivity contribution in [1.82, 2.24) is 4.57 Å². The number of carbonyl (C=O) groups excluding carboxylic acids is 1. The predicted octanol–water partition coefficient (Wildman–Crippen LogP) is 5.54. The summed E-state index contributed by atoms with van der Waals surface area (Å²) in [5, 5.41) is 11.9. The number of aromatic nitrogens is 1. The molecule has 3 rings (SSSR count). The van der Waals surface area contributed by atoms with Crippen molar-refractivity contribution in [3.8, 4) is 11.8 Å². The molecule has 0 bridgehead atoms. The Bertz CT molecular complexity index is 1110. The van der Waals surface area contributed by atoms with E-state index in [0.717, 1.165) is 27.1 Å². The Morgan fingerprint density at radius 2 is 1.86 bits per heavy atom. The molecule has 1 aromatic heterocycles. The second-order valence-corrected chi connectivity index (χ2v) is 7.16. The van der Waals surface area contributed by atoms with Gasteiger partial charge < -0.3 is 9.88 Å². The molecule has 0 saturated heterocycles. The van der Waals surface area contributed by atoms with Crippen molar-refractivity contribution in [3.63, 3.8) is 0 Å². The Labute approximate surface area is 171 Å². The second kappa shape index (κ2) is 8.24. The number of benzene rings is 2. The third-order valence-corrected chi connectivity index (χ3v) is 4.87. The van der Waals surface area contributed by atoms with Gasteiger partial charge in [-0.25, -0.2) is 4.39 Å². The molecule has 0 spiro atoms. The van der Waals surface area contributed by atoms with Crippen molar-refractivity contribution in [2.45, 2.75) is 13.8 Å². The van der Waals surface area contributed by atoms with Gasteiger partial charge >= 0.3 is 0 Å². The van der Waals surface area contributed by atoms with E-state index in [4.69, 9.17) is 0 Å². The Morgan fingerprint density at radius 3 is 2.50 bits per heavy atom. The number of anilines is 1. The number of hydrogen-bond donors (Lipinski definition) is 1. The van der Waals surface area contributed by atoms with Gasteiger partial charge in [-0.3, -0.25) is 4.79 Å². The summed E-state index contributed by atoms with van der Waals surface area (Å²) in [6.45, 7) is 3.88. The third-order valence-electron chi connectivity index (χ3n) is 4.34. The molecule has 0 aliphatic rings. The van der Waals surface area contributed by atoms with Crippen LogP contribution in [-0.4, -0.2) is 10.5 Å². The van der Waals surface area contributed by atoms with Crippen LogP contribution in [0.5, 0.6) is 0 Å². The minimum Gasteiger partial charge on any atom is -0.319 e. The Hall–Kier alpha value is -3.17. The molecule has 0 aliphatic carbocycles. The molecule has 6 heteroatoms. The van der Waals surface area contributed by atoms with E-state index in [1.165, 1.54) is 24.3 Å². The fourth-order valence-corrected chi connectivity index (χ4v) is 3.24. The molecule has 1 amide bonds. The van der Waals surface area contributed by atoms with Gasteiger partial charge in [0.2, 0.25) is 0 Å². The highest BCUT2D eigenvalue weighted by molar-refractivity contribution is 9.10. The van der Waals surface area contributed by atoms with Crippen molar-refractivity contribution >= 4 is 33.6 Å². The highest BCUT2D eigenvalue weighted by Crippen LogP contribution is 2.24. The summed E-state index contributed by atoms with van der Waals surface area (Å²) in [5.41, 5.74) is 3.53. The number of nitrogens with zero attached hydrogens (tertiary/aromatic N) is 2. The van der Waals surface area contributed by atoms with E-state index < -0.39 is 11.7 Å². The fraction of sp³-hybridized carbons (Fsp3) is 0.0909. The summed E-state index contributed by atoms with van der Waals surface area (Å²) in [4.78, 5) is 12.4. The van der Waals surface area contributed by atoms with Gasteiger partial charge in [-0.05, 0) is 68.0 Å². The quantitative estimate of drug-likeness (QED) is 0.430. The molecule has 0 atom stereocenters. The average Bonchev–Trinajstić information content (AvgIpc) is 2.95. The molecular weight excluding hydrogens is 421 g/mol. The standard InChI is InChI=1S/C22H17BrFN3O/c1-14-11-16(15(2)27(14)19-9-7-18(23)8-10-19)12-17(13-25)22(28)26-21-6-4-3-5-20(21)24/h3-12H,1-2H3,(H,26,28). The number of nitriles is 1. The van der Waals surface area contributed by atoms with Crippen molar-refractivity contribution < 1.29 is 9.18 Å². The minimum absolute atomic E-state index is 0.0361. The van der Waals surface area contributed by atoms with Crippen LogP contribution in [0.25, 0.3) is 11.8 Å². The zero-order valence-electron chi connectivity index (χ0n) is 15.3. The fourth-order valence-electron chi connectivity index (χ4n) is 2.98. The van der Waals surface area contributed by atoms with Crippen LogP contribution in [0.3, 0.4) is 0 Å². The molecule has 1 heterocycles. The minimum atomic E-state index is -0.652. The van der Waals surface area contributed by atoms with Gasteiger partial charge in [0.25, 0.3) is 5.91 Å². The Morgan fingerprint density at radius 1 is 1.18 bits per heavy atom. The lowest BCUT2D eigenvalue weighted by Gasteiger charge is -2.10. The van der Waals surface area contributed by atoms with E-state index in [1.54, 1.807) is 6.07 Å². The Balaban J connectivity index is 1.94. The van der Waals surface area contributed by atoms with Crippen molar-refractivity contribution in [3.05, 3.63) is 87.4 Å².